The van der Waals surface area contributed by atoms with Crippen LogP contribution in [0.25, 0.3) is 0 Å². The molecule has 0 aliphatic rings. The van der Waals surface area contributed by atoms with E-state index in [-0.39, 0.29) is 11.9 Å². The zero-order valence-electron chi connectivity index (χ0n) is 16.5. The first-order chi connectivity index (χ1) is 12.4. The van der Waals surface area contributed by atoms with Crippen molar-refractivity contribution in [2.75, 3.05) is 18.4 Å². The lowest BCUT2D eigenvalue weighted by Gasteiger charge is -2.26. The van der Waals surface area contributed by atoms with Crippen molar-refractivity contribution >= 4 is 11.9 Å². The van der Waals surface area contributed by atoms with Gasteiger partial charge in [-0.1, -0.05) is 51.9 Å². The second kappa shape index (κ2) is 9.48. The number of carbonyl (C=O) groups excluding carboxylic acids is 1. The van der Waals surface area contributed by atoms with Crippen LogP contribution in [0.15, 0.2) is 28.7 Å². The van der Waals surface area contributed by atoms with E-state index in [0.717, 1.165) is 19.6 Å². The van der Waals surface area contributed by atoms with Crippen molar-refractivity contribution < 1.29 is 9.21 Å². The molecule has 142 valence electrons. The highest BCUT2D eigenvalue weighted by Crippen LogP contribution is 2.13. The zero-order valence-corrected chi connectivity index (χ0v) is 16.5. The van der Waals surface area contributed by atoms with Crippen molar-refractivity contribution in [1.82, 2.24) is 15.1 Å². The van der Waals surface area contributed by atoms with Crippen LogP contribution < -0.4 is 5.32 Å². The molecule has 2 rings (SSSR count). The zero-order chi connectivity index (χ0) is 19.1. The van der Waals surface area contributed by atoms with Gasteiger partial charge in [-0.15, -0.1) is 5.10 Å². The smallest absolute Gasteiger partial charge is 0.322 e. The SMILES string of the molecule is CCc1nnc(NC(=O)c2ccc(CN(CC(C)C)CC(C)C)cc2)o1. The van der Waals surface area contributed by atoms with Crippen LogP contribution in [0, 0.1) is 11.8 Å². The molecule has 0 saturated heterocycles. The first kappa shape index (κ1) is 20.1. The maximum atomic E-state index is 12.3. The van der Waals surface area contributed by atoms with Crippen LogP contribution in [-0.4, -0.2) is 34.1 Å². The molecule has 0 saturated carbocycles. The Labute approximate surface area is 156 Å². The maximum Gasteiger partial charge on any atom is 0.322 e. The summed E-state index contributed by atoms with van der Waals surface area (Å²) in [7, 11) is 0. The molecule has 6 heteroatoms. The summed E-state index contributed by atoms with van der Waals surface area (Å²) in [6.07, 6.45) is 0.640. The van der Waals surface area contributed by atoms with Gasteiger partial charge in [0.15, 0.2) is 0 Å². The first-order valence-corrected chi connectivity index (χ1v) is 9.32. The minimum atomic E-state index is -0.246. The molecule has 0 atom stereocenters. The molecular weight excluding hydrogens is 328 g/mol. The quantitative estimate of drug-likeness (QED) is 0.733. The Hall–Kier alpha value is -2.21. The summed E-state index contributed by atoms with van der Waals surface area (Å²) in [5.41, 5.74) is 1.78. The lowest BCUT2D eigenvalue weighted by molar-refractivity contribution is 0.102. The Morgan fingerprint density at radius 3 is 2.19 bits per heavy atom. The minimum Gasteiger partial charge on any atom is -0.408 e. The number of hydrogen-bond acceptors (Lipinski definition) is 5. The van der Waals surface area contributed by atoms with E-state index < -0.39 is 0 Å². The third-order valence-electron chi connectivity index (χ3n) is 3.86. The van der Waals surface area contributed by atoms with Gasteiger partial charge in [-0.05, 0) is 29.5 Å². The Morgan fingerprint density at radius 2 is 1.69 bits per heavy atom. The van der Waals surface area contributed by atoms with Gasteiger partial charge >= 0.3 is 6.01 Å². The Bertz CT molecular complexity index is 682. The van der Waals surface area contributed by atoms with E-state index in [1.165, 1.54) is 5.56 Å². The number of nitrogens with zero attached hydrogens (tertiary/aromatic N) is 3. The summed E-state index contributed by atoms with van der Waals surface area (Å²) in [5, 5.41) is 10.3. The minimum absolute atomic E-state index is 0.135. The van der Waals surface area contributed by atoms with Crippen molar-refractivity contribution in [2.24, 2.45) is 11.8 Å². The van der Waals surface area contributed by atoms with E-state index >= 15 is 0 Å². The highest BCUT2D eigenvalue weighted by Gasteiger charge is 2.13. The van der Waals surface area contributed by atoms with E-state index in [1.807, 2.05) is 31.2 Å². The molecular formula is C20H30N4O2. The fraction of sp³-hybridized carbons (Fsp3) is 0.550. The van der Waals surface area contributed by atoms with Gasteiger partial charge in [0.25, 0.3) is 5.91 Å². The van der Waals surface area contributed by atoms with Crippen molar-refractivity contribution in [2.45, 2.75) is 47.6 Å². The molecule has 0 spiro atoms. The molecule has 0 aliphatic heterocycles. The third-order valence-corrected chi connectivity index (χ3v) is 3.86. The van der Waals surface area contributed by atoms with Crippen LogP contribution in [-0.2, 0) is 13.0 Å². The largest absolute Gasteiger partial charge is 0.408 e. The van der Waals surface area contributed by atoms with Crippen LogP contribution in [0.5, 0.6) is 0 Å². The molecule has 1 heterocycles. The van der Waals surface area contributed by atoms with Gasteiger partial charge in [0, 0.05) is 31.6 Å². The van der Waals surface area contributed by atoms with E-state index in [2.05, 4.69) is 48.1 Å². The van der Waals surface area contributed by atoms with Gasteiger partial charge in [0.1, 0.15) is 0 Å². The van der Waals surface area contributed by atoms with Gasteiger partial charge in [-0.25, -0.2) is 0 Å². The number of amides is 1. The van der Waals surface area contributed by atoms with Crippen LogP contribution in [0.2, 0.25) is 0 Å². The van der Waals surface area contributed by atoms with E-state index in [1.54, 1.807) is 0 Å². The fourth-order valence-corrected chi connectivity index (χ4v) is 2.87. The number of benzene rings is 1. The van der Waals surface area contributed by atoms with Crippen LogP contribution in [0.3, 0.4) is 0 Å². The normalized spacial score (nSPS) is 11.5. The Morgan fingerprint density at radius 1 is 1.08 bits per heavy atom. The highest BCUT2D eigenvalue weighted by molar-refractivity contribution is 6.03. The summed E-state index contributed by atoms with van der Waals surface area (Å²) in [5.74, 6) is 1.51. The third kappa shape index (κ3) is 6.26. The number of aryl methyl sites for hydroxylation is 1. The van der Waals surface area contributed by atoms with Crippen LogP contribution in [0.4, 0.5) is 6.01 Å². The lowest BCUT2D eigenvalue weighted by atomic mass is 10.1. The van der Waals surface area contributed by atoms with Gasteiger partial charge in [0.2, 0.25) is 5.89 Å². The Balaban J connectivity index is 1.98. The second-order valence-electron chi connectivity index (χ2n) is 7.49. The van der Waals surface area contributed by atoms with E-state index in [4.69, 9.17) is 4.42 Å². The average Bonchev–Trinajstić information content (AvgIpc) is 3.01. The molecule has 0 radical (unpaired) electrons. The average molecular weight is 358 g/mol. The highest BCUT2D eigenvalue weighted by atomic mass is 16.4. The summed E-state index contributed by atoms with van der Waals surface area (Å²) in [6.45, 7) is 13.9. The molecule has 0 bridgehead atoms. The number of anilines is 1. The van der Waals surface area contributed by atoms with Gasteiger partial charge in [-0.2, -0.15) is 0 Å². The van der Waals surface area contributed by atoms with Gasteiger partial charge in [-0.3, -0.25) is 15.0 Å². The predicted molar refractivity (Wildman–Crippen MR) is 103 cm³/mol. The molecule has 2 aromatic rings. The monoisotopic (exact) mass is 358 g/mol. The van der Waals surface area contributed by atoms with Crippen LogP contribution in [0.1, 0.15) is 56.4 Å². The molecule has 0 aliphatic carbocycles. The molecule has 0 unspecified atom stereocenters. The molecule has 1 aromatic carbocycles. The molecule has 1 aromatic heterocycles. The van der Waals surface area contributed by atoms with Crippen LogP contribution >= 0.6 is 0 Å². The molecule has 6 nitrogen and oxygen atoms in total. The molecule has 26 heavy (non-hydrogen) atoms. The number of aromatic nitrogens is 2. The van der Waals surface area contributed by atoms with E-state index in [9.17, 15) is 4.79 Å². The van der Waals surface area contributed by atoms with Crippen molar-refractivity contribution in [3.8, 4) is 0 Å². The molecule has 1 N–H and O–H groups in total. The lowest BCUT2D eigenvalue weighted by Crippen LogP contribution is -2.30. The maximum absolute atomic E-state index is 12.3. The first-order valence-electron chi connectivity index (χ1n) is 9.32. The Kier molecular flexibility index (Phi) is 7.33. The fourth-order valence-electron chi connectivity index (χ4n) is 2.87. The number of hydrogen-bond donors (Lipinski definition) is 1. The summed E-state index contributed by atoms with van der Waals surface area (Å²) in [4.78, 5) is 14.8. The summed E-state index contributed by atoms with van der Waals surface area (Å²) >= 11 is 0. The van der Waals surface area contributed by atoms with Gasteiger partial charge in [0.05, 0.1) is 0 Å². The van der Waals surface area contributed by atoms with Crippen molar-refractivity contribution in [3.63, 3.8) is 0 Å². The van der Waals surface area contributed by atoms with Gasteiger partial charge < -0.3 is 4.42 Å². The van der Waals surface area contributed by atoms with Crippen molar-refractivity contribution in [1.29, 1.82) is 0 Å². The number of nitrogens with one attached hydrogen (secondary N) is 1. The summed E-state index contributed by atoms with van der Waals surface area (Å²) < 4.78 is 5.31. The standard InChI is InChI=1S/C20H30N4O2/c1-6-18-22-23-20(26-18)21-19(25)17-9-7-16(8-10-17)13-24(11-14(2)3)12-15(4)5/h7-10,14-15H,6,11-13H2,1-5H3,(H,21,23,25). The topological polar surface area (TPSA) is 71.3 Å². The van der Waals surface area contributed by atoms with E-state index in [0.29, 0.717) is 29.7 Å². The molecule has 1 amide bonds. The number of rotatable bonds is 9. The molecule has 0 fully saturated rings. The number of carbonyl (C=O) groups is 1. The predicted octanol–water partition coefficient (Wildman–Crippen LogP) is 4.00. The van der Waals surface area contributed by atoms with Crippen molar-refractivity contribution in [3.05, 3.63) is 41.3 Å². The second-order valence-corrected chi connectivity index (χ2v) is 7.49. The summed E-state index contributed by atoms with van der Waals surface area (Å²) in [6, 6.07) is 7.83.